The first-order chi connectivity index (χ1) is 20.3. The molecule has 0 unspecified atom stereocenters. The summed E-state index contributed by atoms with van der Waals surface area (Å²) in [4.78, 5) is 18.9. The van der Waals surface area contributed by atoms with Gasteiger partial charge in [0.05, 0.1) is 41.7 Å². The maximum absolute atomic E-state index is 13.8. The third kappa shape index (κ3) is 7.88. The normalized spacial score (nSPS) is 18.1. The van der Waals surface area contributed by atoms with Crippen LogP contribution in [0.4, 0.5) is 50.0 Å². The molecule has 0 spiro atoms. The Kier molecular flexibility index (Phi) is 10.0. The van der Waals surface area contributed by atoms with E-state index in [0.717, 1.165) is 15.9 Å². The Balaban J connectivity index is 2.29. The molecular weight excluding hydrogens is 613 g/mol. The number of aromatic nitrogens is 1. The van der Waals surface area contributed by atoms with Gasteiger partial charge in [-0.25, -0.2) is 9.78 Å². The predicted octanol–water partition coefficient (Wildman–Crippen LogP) is 7.53. The van der Waals surface area contributed by atoms with Crippen LogP contribution in [0.5, 0.6) is 0 Å². The molecule has 0 saturated heterocycles. The van der Waals surface area contributed by atoms with Crippen LogP contribution >= 0.6 is 0 Å². The Bertz CT molecular complexity index is 1370. The summed E-state index contributed by atoms with van der Waals surface area (Å²) in [6.45, 7) is 3.98. The summed E-state index contributed by atoms with van der Waals surface area (Å²) in [5, 5.41) is 10.4. The van der Waals surface area contributed by atoms with Crippen LogP contribution in [-0.4, -0.2) is 41.1 Å². The number of anilines is 1. The van der Waals surface area contributed by atoms with E-state index in [1.54, 1.807) is 20.8 Å². The number of carbonyl (C=O) groups is 1. The van der Waals surface area contributed by atoms with Crippen molar-refractivity contribution in [3.05, 3.63) is 58.4 Å². The van der Waals surface area contributed by atoms with E-state index in [9.17, 15) is 44.3 Å². The summed E-state index contributed by atoms with van der Waals surface area (Å²) >= 11 is 0. The molecular formula is C26H28F9N7O2. The Hall–Kier alpha value is -4.12. The molecule has 3 rings (SSSR count). The number of nitrogens with two attached hydrogens (primary N) is 1. The highest BCUT2D eigenvalue weighted by atomic mass is 19.4. The number of halogens is 9. The fraction of sp³-hybridized carbons (Fsp3) is 0.500. The minimum Gasteiger partial charge on any atom is -0.446 e. The Labute approximate surface area is 245 Å². The van der Waals surface area contributed by atoms with E-state index >= 15 is 0 Å². The van der Waals surface area contributed by atoms with Gasteiger partial charge in [-0.15, -0.1) is 0 Å². The third-order valence-corrected chi connectivity index (χ3v) is 6.54. The Morgan fingerprint density at radius 2 is 1.64 bits per heavy atom. The monoisotopic (exact) mass is 641 g/mol. The number of rotatable bonds is 6. The molecule has 1 aromatic heterocycles. The molecule has 9 nitrogen and oxygen atoms in total. The van der Waals surface area contributed by atoms with Gasteiger partial charge in [-0.3, -0.25) is 4.90 Å². The van der Waals surface area contributed by atoms with Gasteiger partial charge >= 0.3 is 24.6 Å². The van der Waals surface area contributed by atoms with E-state index in [4.69, 9.17) is 10.5 Å². The minimum absolute atomic E-state index is 0.0605. The lowest BCUT2D eigenvalue weighted by Gasteiger charge is -2.43. The molecule has 1 aliphatic rings. The summed E-state index contributed by atoms with van der Waals surface area (Å²) < 4.78 is 128. The van der Waals surface area contributed by atoms with Crippen molar-refractivity contribution in [2.24, 2.45) is 21.2 Å². The molecule has 44 heavy (non-hydrogen) atoms. The third-order valence-electron chi connectivity index (χ3n) is 6.54. The molecule has 18 heteroatoms. The molecule has 1 aliphatic heterocycles. The number of benzene rings is 1. The molecule has 1 aromatic carbocycles. The first-order valence-electron chi connectivity index (χ1n) is 13.0. The molecule has 2 aromatic rings. The molecule has 2 N–H and O–H groups in total. The fourth-order valence-corrected chi connectivity index (χ4v) is 4.68. The van der Waals surface area contributed by atoms with Crippen molar-refractivity contribution in [2.75, 3.05) is 11.9 Å². The molecule has 1 amide bonds. The van der Waals surface area contributed by atoms with E-state index in [-0.39, 0.29) is 30.3 Å². The molecule has 0 aliphatic carbocycles. The van der Waals surface area contributed by atoms with Gasteiger partial charge in [0.2, 0.25) is 5.96 Å². The van der Waals surface area contributed by atoms with Gasteiger partial charge in [-0.2, -0.15) is 44.6 Å². The van der Waals surface area contributed by atoms with E-state index < -0.39 is 77.7 Å². The van der Waals surface area contributed by atoms with Crippen molar-refractivity contribution in [1.82, 2.24) is 9.88 Å². The maximum Gasteiger partial charge on any atom is 0.433 e. The number of guanidine groups is 1. The van der Waals surface area contributed by atoms with Crippen LogP contribution in [0.1, 0.15) is 67.7 Å². The van der Waals surface area contributed by atoms with Gasteiger partial charge < -0.3 is 15.4 Å². The lowest BCUT2D eigenvalue weighted by Crippen LogP contribution is -2.50. The van der Waals surface area contributed by atoms with Crippen molar-refractivity contribution in [2.45, 2.75) is 76.9 Å². The molecule has 0 fully saturated rings. The smallest absolute Gasteiger partial charge is 0.433 e. The number of ether oxygens (including phenoxy) is 1. The van der Waals surface area contributed by atoms with Crippen LogP contribution in [0, 0.1) is 0 Å². The number of nitrogens with zero attached hydrogens (tertiary/aromatic N) is 6. The number of amides is 1. The summed E-state index contributed by atoms with van der Waals surface area (Å²) in [6.07, 6.45) is -16.8. The van der Waals surface area contributed by atoms with E-state index in [1.807, 2.05) is 0 Å². The Morgan fingerprint density at radius 3 is 2.11 bits per heavy atom. The molecule has 2 atom stereocenters. The van der Waals surface area contributed by atoms with Crippen LogP contribution < -0.4 is 10.6 Å². The summed E-state index contributed by atoms with van der Waals surface area (Å²) in [7, 11) is 1.20. The maximum atomic E-state index is 13.8. The van der Waals surface area contributed by atoms with Gasteiger partial charge in [-0.05, 0) is 67.8 Å². The predicted molar refractivity (Wildman–Crippen MR) is 139 cm³/mol. The van der Waals surface area contributed by atoms with E-state index in [2.05, 4.69) is 20.4 Å². The van der Waals surface area contributed by atoms with Crippen molar-refractivity contribution in [1.29, 1.82) is 0 Å². The standard InChI is InChI=1S/C26H28F9N7O2/c1-5-17-11-19(21-18(42(17)23(43)44-13(2)3)6-7-20(38-21)26(33,34)35)41(22(36)39-40-37-4)12-14-8-15(24(27,28)29)10-16(9-14)25(30,31)32/h6-10,13,17,19H,5,11-12H2,1-4H3,(H2,36,37,39)/t17-,19+/m0/s1. The number of hydrogen-bond donors (Lipinski definition) is 1. The lowest BCUT2D eigenvalue weighted by molar-refractivity contribution is -0.143. The van der Waals surface area contributed by atoms with Crippen LogP contribution in [0.3, 0.4) is 0 Å². The number of hydrogen-bond acceptors (Lipinski definition) is 5. The highest BCUT2D eigenvalue weighted by Gasteiger charge is 2.43. The van der Waals surface area contributed by atoms with Crippen molar-refractivity contribution in [3.63, 3.8) is 0 Å². The van der Waals surface area contributed by atoms with Gasteiger partial charge in [0.1, 0.15) is 5.69 Å². The van der Waals surface area contributed by atoms with Crippen molar-refractivity contribution < 1.29 is 49.0 Å². The molecule has 0 radical (unpaired) electrons. The lowest BCUT2D eigenvalue weighted by atomic mass is 9.91. The second-order valence-corrected chi connectivity index (χ2v) is 10.0. The SMILES string of the molecule is CC[C@H]1C[C@@H](N(Cc2cc(C(F)(F)F)cc(C(F)(F)F)c2)C(N)=NN=NC)c2nc(C(F)(F)F)ccc2N1C(=O)OC(C)C. The Morgan fingerprint density at radius 1 is 1.05 bits per heavy atom. The van der Waals surface area contributed by atoms with Crippen LogP contribution in [0.15, 0.2) is 45.8 Å². The number of pyridine rings is 1. The van der Waals surface area contributed by atoms with E-state index in [1.165, 1.54) is 7.05 Å². The second kappa shape index (κ2) is 12.9. The van der Waals surface area contributed by atoms with Crippen molar-refractivity contribution in [3.8, 4) is 0 Å². The summed E-state index contributed by atoms with van der Waals surface area (Å²) in [6, 6.07) is 0.389. The zero-order chi connectivity index (χ0) is 33.2. The average Bonchev–Trinajstić information content (AvgIpc) is 2.91. The largest absolute Gasteiger partial charge is 0.446 e. The van der Waals surface area contributed by atoms with E-state index in [0.29, 0.717) is 18.2 Å². The second-order valence-electron chi connectivity index (χ2n) is 10.0. The van der Waals surface area contributed by atoms with Crippen LogP contribution in [0.2, 0.25) is 0 Å². The number of alkyl halides is 9. The zero-order valence-corrected chi connectivity index (χ0v) is 23.7. The molecule has 2 heterocycles. The van der Waals surface area contributed by atoms with Gasteiger partial charge in [-0.1, -0.05) is 12.0 Å². The zero-order valence-electron chi connectivity index (χ0n) is 23.7. The minimum atomic E-state index is -5.16. The van der Waals surface area contributed by atoms with Crippen molar-refractivity contribution >= 4 is 17.7 Å². The molecule has 0 saturated carbocycles. The average molecular weight is 642 g/mol. The quantitative estimate of drug-likeness (QED) is 0.115. The number of fused-ring (bicyclic) bond motifs is 1. The summed E-state index contributed by atoms with van der Waals surface area (Å²) in [5.74, 6) is -0.593. The first kappa shape index (κ1) is 34.4. The molecule has 0 bridgehead atoms. The highest BCUT2D eigenvalue weighted by Crippen LogP contribution is 2.44. The van der Waals surface area contributed by atoms with Gasteiger partial charge in [0, 0.05) is 12.6 Å². The highest BCUT2D eigenvalue weighted by molar-refractivity contribution is 5.90. The van der Waals surface area contributed by atoms with Gasteiger partial charge in [0.25, 0.3) is 0 Å². The number of carbonyl (C=O) groups excluding carboxylic acids is 1. The topological polar surface area (TPSA) is 109 Å². The van der Waals surface area contributed by atoms with Crippen LogP contribution in [-0.2, 0) is 29.8 Å². The summed E-state index contributed by atoms with van der Waals surface area (Å²) in [5.41, 5.74) is 0.444. The fourth-order valence-electron chi connectivity index (χ4n) is 4.68. The van der Waals surface area contributed by atoms with Gasteiger partial charge in [0.15, 0.2) is 0 Å². The molecule has 242 valence electrons. The van der Waals surface area contributed by atoms with Crippen LogP contribution in [0.25, 0.3) is 0 Å². The first-order valence-corrected chi connectivity index (χ1v) is 13.0.